The van der Waals surface area contributed by atoms with Crippen molar-refractivity contribution in [3.8, 4) is 0 Å². The third kappa shape index (κ3) is 1.60. The molecule has 3 heteroatoms. The zero-order valence-corrected chi connectivity index (χ0v) is 13.8. The molecule has 118 valence electrons. The van der Waals surface area contributed by atoms with E-state index >= 15 is 0 Å². The predicted molar refractivity (Wildman–Crippen MR) is 80.0 cm³/mol. The highest BCUT2D eigenvalue weighted by molar-refractivity contribution is 5.84. The Labute approximate surface area is 127 Å². The van der Waals surface area contributed by atoms with E-state index < -0.39 is 0 Å². The summed E-state index contributed by atoms with van der Waals surface area (Å²) in [7, 11) is 1.78. The molecule has 0 aromatic heterocycles. The summed E-state index contributed by atoms with van der Waals surface area (Å²) in [6, 6.07) is 0. The van der Waals surface area contributed by atoms with E-state index in [1.165, 1.54) is 12.8 Å². The lowest BCUT2D eigenvalue weighted by molar-refractivity contribution is -0.151. The molecule has 6 atom stereocenters. The van der Waals surface area contributed by atoms with Crippen LogP contribution in [-0.4, -0.2) is 30.2 Å². The molecular weight excluding hydrogens is 264 g/mol. The quantitative estimate of drug-likeness (QED) is 0.783. The minimum Gasteiger partial charge on any atom is -0.379 e. The van der Waals surface area contributed by atoms with Crippen LogP contribution < -0.4 is 0 Å². The van der Waals surface area contributed by atoms with Gasteiger partial charge in [-0.1, -0.05) is 13.8 Å². The van der Waals surface area contributed by atoms with E-state index in [0.29, 0.717) is 23.0 Å². The molecule has 4 aliphatic rings. The van der Waals surface area contributed by atoms with Gasteiger partial charge in [-0.05, 0) is 56.3 Å². The molecule has 0 radical (unpaired) electrons. The van der Waals surface area contributed by atoms with Crippen molar-refractivity contribution in [2.75, 3.05) is 7.11 Å². The largest absolute Gasteiger partial charge is 0.379 e. The van der Waals surface area contributed by atoms with Crippen molar-refractivity contribution < 1.29 is 14.3 Å². The van der Waals surface area contributed by atoms with Crippen molar-refractivity contribution in [1.82, 2.24) is 0 Å². The lowest BCUT2D eigenvalue weighted by Gasteiger charge is -2.43. The summed E-state index contributed by atoms with van der Waals surface area (Å²) in [6.07, 6.45) is 6.26. The highest BCUT2D eigenvalue weighted by Gasteiger charge is 2.76. The zero-order valence-electron chi connectivity index (χ0n) is 13.8. The minimum absolute atomic E-state index is 0.0803. The number of ketones is 1. The summed E-state index contributed by atoms with van der Waals surface area (Å²) in [4.78, 5) is 12.5. The number of carbonyl (C=O) groups excluding carboxylic acids is 1. The first kappa shape index (κ1) is 14.2. The fourth-order valence-corrected chi connectivity index (χ4v) is 6.36. The maximum Gasteiger partial charge on any atom is 0.138 e. The summed E-state index contributed by atoms with van der Waals surface area (Å²) in [5.74, 6) is 1.73. The second-order valence-corrected chi connectivity index (χ2v) is 8.75. The van der Waals surface area contributed by atoms with Gasteiger partial charge in [-0.2, -0.15) is 0 Å². The number of ether oxygens (including phenoxy) is 2. The van der Waals surface area contributed by atoms with Gasteiger partial charge >= 0.3 is 0 Å². The predicted octanol–water partition coefficient (Wildman–Crippen LogP) is 3.35. The monoisotopic (exact) mass is 292 g/mol. The Morgan fingerprint density at radius 1 is 1.24 bits per heavy atom. The molecule has 2 aliphatic carbocycles. The Hall–Kier alpha value is -0.410. The first-order chi connectivity index (χ1) is 9.85. The molecule has 2 saturated heterocycles. The van der Waals surface area contributed by atoms with Crippen LogP contribution in [0.2, 0.25) is 0 Å². The van der Waals surface area contributed by atoms with Gasteiger partial charge in [0.05, 0.1) is 17.3 Å². The average molecular weight is 292 g/mol. The molecule has 21 heavy (non-hydrogen) atoms. The van der Waals surface area contributed by atoms with Crippen molar-refractivity contribution in [2.45, 2.75) is 76.6 Å². The molecule has 2 saturated carbocycles. The third-order valence-electron chi connectivity index (χ3n) is 7.20. The molecule has 1 spiro atoms. The second-order valence-electron chi connectivity index (χ2n) is 8.75. The Morgan fingerprint density at radius 2 is 1.95 bits per heavy atom. The van der Waals surface area contributed by atoms with Crippen LogP contribution >= 0.6 is 0 Å². The highest BCUT2D eigenvalue weighted by atomic mass is 16.6. The van der Waals surface area contributed by atoms with E-state index in [1.807, 2.05) is 0 Å². The topological polar surface area (TPSA) is 35.5 Å². The molecule has 3 nitrogen and oxygen atoms in total. The lowest BCUT2D eigenvalue weighted by atomic mass is 9.57. The van der Waals surface area contributed by atoms with Gasteiger partial charge in [0.15, 0.2) is 0 Å². The Balaban J connectivity index is 1.81. The van der Waals surface area contributed by atoms with Crippen LogP contribution in [-0.2, 0) is 14.3 Å². The molecule has 0 N–H and O–H groups in total. The second kappa shape index (κ2) is 4.11. The summed E-state index contributed by atoms with van der Waals surface area (Å²) in [5, 5.41) is 0. The van der Waals surface area contributed by atoms with Crippen molar-refractivity contribution in [1.29, 1.82) is 0 Å². The van der Waals surface area contributed by atoms with Crippen LogP contribution in [0.15, 0.2) is 0 Å². The van der Waals surface area contributed by atoms with Gasteiger partial charge in [0.1, 0.15) is 5.78 Å². The van der Waals surface area contributed by atoms with Crippen LogP contribution in [0.3, 0.4) is 0 Å². The first-order valence-electron chi connectivity index (χ1n) is 8.60. The van der Waals surface area contributed by atoms with E-state index in [9.17, 15) is 4.79 Å². The minimum atomic E-state index is -0.210. The molecular formula is C18H28O3. The molecule has 0 unspecified atom stereocenters. The fourth-order valence-electron chi connectivity index (χ4n) is 6.36. The van der Waals surface area contributed by atoms with Crippen LogP contribution in [0, 0.1) is 23.2 Å². The number of methoxy groups -OCH3 is 1. The number of Topliss-reactive ketones (excluding diaryl/α,β-unsaturated/α-hetero) is 1. The molecule has 0 amide bonds. The van der Waals surface area contributed by atoms with E-state index in [2.05, 4.69) is 20.8 Å². The molecule has 2 bridgehead atoms. The van der Waals surface area contributed by atoms with Gasteiger partial charge in [-0.15, -0.1) is 0 Å². The van der Waals surface area contributed by atoms with E-state index in [0.717, 1.165) is 25.7 Å². The van der Waals surface area contributed by atoms with Crippen molar-refractivity contribution >= 4 is 5.78 Å². The number of hydrogen-bond donors (Lipinski definition) is 0. The Bertz CT molecular complexity index is 485. The molecule has 4 fully saturated rings. The Kier molecular flexibility index (Phi) is 2.78. The van der Waals surface area contributed by atoms with Crippen molar-refractivity contribution in [3.63, 3.8) is 0 Å². The van der Waals surface area contributed by atoms with Crippen LogP contribution in [0.4, 0.5) is 0 Å². The Morgan fingerprint density at radius 3 is 2.67 bits per heavy atom. The number of rotatable bonds is 2. The zero-order chi connectivity index (χ0) is 15.0. The van der Waals surface area contributed by atoms with Crippen molar-refractivity contribution in [2.24, 2.45) is 23.2 Å². The molecule has 0 aromatic rings. The normalized spacial score (nSPS) is 51.8. The van der Waals surface area contributed by atoms with Gasteiger partial charge < -0.3 is 9.47 Å². The molecule has 0 aromatic carbocycles. The third-order valence-corrected chi connectivity index (χ3v) is 7.20. The van der Waals surface area contributed by atoms with Gasteiger partial charge in [0.2, 0.25) is 0 Å². The number of hydrogen-bond acceptors (Lipinski definition) is 3. The summed E-state index contributed by atoms with van der Waals surface area (Å²) < 4.78 is 12.5. The van der Waals surface area contributed by atoms with Gasteiger partial charge in [-0.3, -0.25) is 4.79 Å². The summed E-state index contributed by atoms with van der Waals surface area (Å²) in [6.45, 7) is 6.90. The summed E-state index contributed by atoms with van der Waals surface area (Å²) in [5.41, 5.74) is 0.0125. The SMILES string of the molecule is CO[C@@H](C)[C@]12C[C@H]3C(=O)CCC[C@@]3(O1)[C@H]1CC(C)(C)C[C@H]12. The van der Waals surface area contributed by atoms with Crippen molar-refractivity contribution in [3.05, 3.63) is 0 Å². The number of fused-ring (bicyclic) bond motifs is 3. The first-order valence-corrected chi connectivity index (χ1v) is 8.60. The standard InChI is InChI=1S/C18H28O3/c1-11(20-4)18-10-14-15(19)6-5-7-17(14,21-18)12-8-16(2,3)9-13(12)18/h11-14H,5-10H2,1-4H3/t11-,12-,13+,14-,17+,18-/m0/s1. The maximum absolute atomic E-state index is 12.5. The summed E-state index contributed by atoms with van der Waals surface area (Å²) >= 11 is 0. The highest BCUT2D eigenvalue weighted by Crippen LogP contribution is 2.71. The van der Waals surface area contributed by atoms with Gasteiger partial charge in [-0.25, -0.2) is 0 Å². The van der Waals surface area contributed by atoms with E-state index in [4.69, 9.17) is 9.47 Å². The van der Waals surface area contributed by atoms with E-state index in [1.54, 1.807) is 7.11 Å². The van der Waals surface area contributed by atoms with Gasteiger partial charge in [0.25, 0.3) is 0 Å². The van der Waals surface area contributed by atoms with E-state index in [-0.39, 0.29) is 23.2 Å². The average Bonchev–Trinajstić information content (AvgIpc) is 3.02. The van der Waals surface area contributed by atoms with Crippen LogP contribution in [0.1, 0.15) is 59.3 Å². The number of carbonyl (C=O) groups is 1. The van der Waals surface area contributed by atoms with Crippen LogP contribution in [0.5, 0.6) is 0 Å². The lowest BCUT2D eigenvalue weighted by Crippen LogP contribution is -2.51. The van der Waals surface area contributed by atoms with Gasteiger partial charge in [0, 0.05) is 19.4 Å². The smallest absolute Gasteiger partial charge is 0.138 e. The molecule has 4 rings (SSSR count). The maximum atomic E-state index is 12.5. The fraction of sp³-hybridized carbons (Fsp3) is 0.944. The molecule has 2 heterocycles. The molecule has 2 aliphatic heterocycles. The van der Waals surface area contributed by atoms with Crippen LogP contribution in [0.25, 0.3) is 0 Å².